The highest BCUT2D eigenvalue weighted by Gasteiger charge is 2.38. The van der Waals surface area contributed by atoms with E-state index < -0.39 is 0 Å². The normalized spacial score (nSPS) is 24.5. The molecule has 0 amide bonds. The van der Waals surface area contributed by atoms with Crippen molar-refractivity contribution in [3.63, 3.8) is 0 Å². The van der Waals surface area contributed by atoms with Crippen molar-refractivity contribution in [1.29, 1.82) is 0 Å². The Morgan fingerprint density at radius 1 is 0.833 bits per heavy atom. The molecule has 86 valence electrons. The van der Waals surface area contributed by atoms with Crippen molar-refractivity contribution in [3.8, 4) is 0 Å². The number of hydrogen-bond acceptors (Lipinski definition) is 8. The molecule has 0 aromatic carbocycles. The number of hydrogen-bond donors (Lipinski definition) is 6. The molecule has 6 N–H and O–H groups in total. The van der Waals surface area contributed by atoms with Crippen molar-refractivity contribution in [2.24, 2.45) is 0 Å². The lowest BCUT2D eigenvalue weighted by atomic mass is 9.72. The Morgan fingerprint density at radius 2 is 1.22 bits per heavy atom. The van der Waals surface area contributed by atoms with Gasteiger partial charge in [0.25, 0.3) is 30.2 Å². The summed E-state index contributed by atoms with van der Waals surface area (Å²) >= 11 is 0. The van der Waals surface area contributed by atoms with Crippen LogP contribution in [0.4, 0.5) is 0 Å². The van der Waals surface area contributed by atoms with Gasteiger partial charge in [-0.3, -0.25) is 0 Å². The van der Waals surface area contributed by atoms with Gasteiger partial charge >= 0.3 is 14.2 Å². The average Bonchev–Trinajstić information content (AvgIpc) is 2.83. The highest BCUT2D eigenvalue weighted by Crippen LogP contribution is 2.15. The summed E-state index contributed by atoms with van der Waals surface area (Å²) in [4.78, 5) is 4.39. The molecule has 3 aliphatic heterocycles. The summed E-state index contributed by atoms with van der Waals surface area (Å²) in [5.41, 5.74) is 0. The molecule has 8 nitrogen and oxygen atoms in total. The molecule has 0 atom stereocenters. The molecular weight excluding hydrogens is 225 g/mol. The molecule has 18 heavy (non-hydrogen) atoms. The Labute approximate surface area is 111 Å². The fraction of sp³-hybridized carbons (Fsp3) is 0.500. The first-order chi connectivity index (χ1) is 8.86. The zero-order chi connectivity index (χ0) is 12.4. The minimum absolute atomic E-state index is 0.0529. The summed E-state index contributed by atoms with van der Waals surface area (Å²) in [6.07, 6.45) is 4.35. The van der Waals surface area contributed by atoms with Gasteiger partial charge in [-0.1, -0.05) is 0 Å². The second-order valence-electron chi connectivity index (χ2n) is 4.21. The van der Waals surface area contributed by atoms with Gasteiger partial charge in [0.15, 0.2) is 0 Å². The van der Waals surface area contributed by atoms with Gasteiger partial charge in [0.2, 0.25) is 0 Å². The lowest BCUT2D eigenvalue weighted by Crippen LogP contribution is -2.74. The van der Waals surface area contributed by atoms with Crippen LogP contribution in [0.15, 0.2) is 12.4 Å². The van der Waals surface area contributed by atoms with E-state index >= 15 is 0 Å². The van der Waals surface area contributed by atoms with E-state index in [1.165, 1.54) is 0 Å². The van der Waals surface area contributed by atoms with Crippen LogP contribution in [0.1, 0.15) is 6.92 Å². The maximum Gasteiger partial charge on any atom is 0.410 e. The van der Waals surface area contributed by atoms with E-state index in [0.29, 0.717) is 0 Å². The fourth-order valence-electron chi connectivity index (χ4n) is 2.19. The molecule has 0 spiro atoms. The van der Waals surface area contributed by atoms with Crippen molar-refractivity contribution in [3.05, 3.63) is 12.4 Å². The van der Waals surface area contributed by atoms with Gasteiger partial charge in [-0.15, -0.1) is 0 Å². The molecule has 0 aliphatic carbocycles. The zero-order valence-electron chi connectivity index (χ0n) is 10.1. The Kier molecular flexibility index (Phi) is 3.92. The standard InChI is InChI=1S/C4H12B6N8/c1-4-17(9-13-5-11-6-14-9)2-3-18(4)10-15-7-12-8-16-10/h2-4,11-16H,1H3. The van der Waals surface area contributed by atoms with Crippen LogP contribution in [-0.4, -0.2) is 60.2 Å². The summed E-state index contributed by atoms with van der Waals surface area (Å²) in [6, 6.07) is 0. The first-order valence-electron chi connectivity index (χ1n) is 5.92. The summed E-state index contributed by atoms with van der Waals surface area (Å²) in [5.74, 6) is 0. The quantitative estimate of drug-likeness (QED) is 0.267. The lowest BCUT2D eigenvalue weighted by molar-refractivity contribution is 0.322. The Bertz CT molecular complexity index is 278. The van der Waals surface area contributed by atoms with Gasteiger partial charge in [-0.2, -0.15) is 0 Å². The van der Waals surface area contributed by atoms with Gasteiger partial charge < -0.3 is 40.5 Å². The van der Waals surface area contributed by atoms with E-state index in [2.05, 4.69) is 59.8 Å². The third-order valence-corrected chi connectivity index (χ3v) is 3.17. The van der Waals surface area contributed by atoms with E-state index in [4.69, 9.17) is 0 Å². The first-order valence-corrected chi connectivity index (χ1v) is 5.92. The SMILES string of the molecule is CC1N(B2N[B]N[B]N2)C=CN1B1N[B]N[B]N1. The van der Waals surface area contributed by atoms with Crippen LogP contribution in [0.25, 0.3) is 0 Å². The van der Waals surface area contributed by atoms with E-state index in [9.17, 15) is 0 Å². The van der Waals surface area contributed by atoms with Gasteiger partial charge in [0.1, 0.15) is 0 Å². The van der Waals surface area contributed by atoms with Gasteiger partial charge in [-0.25, -0.2) is 0 Å². The van der Waals surface area contributed by atoms with Crippen molar-refractivity contribution in [1.82, 2.24) is 40.5 Å². The molecule has 0 bridgehead atoms. The molecule has 3 rings (SSSR count). The molecule has 14 heteroatoms. The highest BCUT2D eigenvalue weighted by molar-refractivity contribution is 6.75. The average molecular weight is 237 g/mol. The molecule has 0 saturated carbocycles. The van der Waals surface area contributed by atoms with E-state index in [1.54, 1.807) is 0 Å². The maximum absolute atomic E-state index is 3.22. The van der Waals surface area contributed by atoms with E-state index in [-0.39, 0.29) is 20.4 Å². The molecule has 4 radical (unpaired) electrons. The highest BCUT2D eigenvalue weighted by atomic mass is 15.4. The minimum atomic E-state index is 0.0529. The first kappa shape index (κ1) is 12.5. The summed E-state index contributed by atoms with van der Waals surface area (Å²) < 4.78 is 0. The largest absolute Gasteiger partial charge is 0.410 e. The Balaban J connectivity index is 1.61. The third kappa shape index (κ3) is 2.44. The second kappa shape index (κ2) is 5.64. The van der Waals surface area contributed by atoms with Gasteiger partial charge in [0.05, 0.1) is 6.17 Å². The molecule has 0 unspecified atom stereocenters. The van der Waals surface area contributed by atoms with Crippen LogP contribution in [0.3, 0.4) is 0 Å². The van der Waals surface area contributed by atoms with Gasteiger partial charge in [0, 0.05) is 12.4 Å². The maximum atomic E-state index is 3.22. The zero-order valence-corrected chi connectivity index (χ0v) is 10.1. The predicted octanol–water partition coefficient (Wildman–Crippen LogP) is -4.91. The topological polar surface area (TPSA) is 78.7 Å². The van der Waals surface area contributed by atoms with Crippen molar-refractivity contribution >= 4 is 44.4 Å². The fourth-order valence-corrected chi connectivity index (χ4v) is 2.19. The third-order valence-electron chi connectivity index (χ3n) is 3.17. The molecule has 3 aliphatic rings. The monoisotopic (exact) mass is 238 g/mol. The van der Waals surface area contributed by atoms with Crippen LogP contribution in [-0.2, 0) is 0 Å². The van der Waals surface area contributed by atoms with Crippen molar-refractivity contribution in [2.45, 2.75) is 13.1 Å². The summed E-state index contributed by atoms with van der Waals surface area (Å²) in [7, 11) is 7.36. The molecule has 2 fully saturated rings. The minimum Gasteiger partial charge on any atom is -0.379 e. The number of nitrogens with one attached hydrogen (secondary N) is 6. The van der Waals surface area contributed by atoms with Crippen LogP contribution < -0.4 is 30.8 Å². The number of rotatable bonds is 2. The van der Waals surface area contributed by atoms with E-state index in [0.717, 1.165) is 0 Å². The molecule has 3 heterocycles. The van der Waals surface area contributed by atoms with Crippen LogP contribution in [0.5, 0.6) is 0 Å². The van der Waals surface area contributed by atoms with E-state index in [1.807, 2.05) is 30.2 Å². The van der Waals surface area contributed by atoms with Gasteiger partial charge in [-0.05, 0) is 6.92 Å². The second-order valence-corrected chi connectivity index (χ2v) is 4.21. The lowest BCUT2D eigenvalue weighted by Gasteiger charge is -2.39. The van der Waals surface area contributed by atoms with Crippen LogP contribution in [0, 0.1) is 0 Å². The molecular formula is C4H12B6N8. The predicted molar refractivity (Wildman–Crippen MR) is 75.6 cm³/mol. The van der Waals surface area contributed by atoms with Crippen LogP contribution in [0.2, 0.25) is 0 Å². The summed E-state index contributed by atoms with van der Waals surface area (Å²) in [6.45, 7) is 2.15. The molecule has 2 saturated heterocycles. The molecule has 0 aromatic rings. The number of nitrogens with zero attached hydrogens (tertiary/aromatic N) is 2. The summed E-state index contributed by atoms with van der Waals surface area (Å²) in [5, 5.41) is 18.8. The Morgan fingerprint density at radius 3 is 1.61 bits per heavy atom. The smallest absolute Gasteiger partial charge is 0.379 e. The Hall–Kier alpha value is -0.510. The van der Waals surface area contributed by atoms with Crippen molar-refractivity contribution < 1.29 is 0 Å². The molecule has 0 aromatic heterocycles. The van der Waals surface area contributed by atoms with Crippen molar-refractivity contribution in [2.75, 3.05) is 0 Å². The van der Waals surface area contributed by atoms with Crippen LogP contribution >= 0.6 is 0 Å².